The van der Waals surface area contributed by atoms with Crippen LogP contribution < -0.4 is 4.87 Å². The maximum Gasteiger partial charge on any atom is 0.308 e. The Balaban J connectivity index is 1.39. The molecule has 0 radical (unpaired) electrons. The zero-order valence-electron chi connectivity index (χ0n) is 18.8. The molecular weight excluding hydrogens is 588 g/mol. The van der Waals surface area contributed by atoms with Gasteiger partial charge in [-0.25, -0.2) is 8.42 Å². The van der Waals surface area contributed by atoms with E-state index in [-0.39, 0.29) is 22.2 Å². The first-order chi connectivity index (χ1) is 17.2. The first kappa shape index (κ1) is 24.8. The Kier molecular flexibility index (Phi) is 6.84. The van der Waals surface area contributed by atoms with Crippen LogP contribution in [0.1, 0.15) is 11.5 Å². The van der Waals surface area contributed by atoms with Gasteiger partial charge in [0.05, 0.1) is 28.2 Å². The lowest BCUT2D eigenvalue weighted by atomic mass is 10.2. The summed E-state index contributed by atoms with van der Waals surface area (Å²) in [4.78, 5) is 16.9. The zero-order valence-corrected chi connectivity index (χ0v) is 22.7. The minimum Gasteiger partial charge on any atom is -0.338 e. The average Bonchev–Trinajstić information content (AvgIpc) is 3.44. The van der Waals surface area contributed by atoms with E-state index in [1.165, 1.54) is 19.2 Å². The Labute approximate surface area is 223 Å². The largest absolute Gasteiger partial charge is 0.338 e. The Morgan fingerprint density at radius 1 is 1.11 bits per heavy atom. The molecule has 8 nitrogen and oxygen atoms in total. The van der Waals surface area contributed by atoms with E-state index in [9.17, 15) is 13.2 Å². The van der Waals surface area contributed by atoms with Crippen molar-refractivity contribution in [2.24, 2.45) is 0 Å². The van der Waals surface area contributed by atoms with Gasteiger partial charge < -0.3 is 4.52 Å². The van der Waals surface area contributed by atoms with Crippen LogP contribution in [0.5, 0.6) is 0 Å². The number of rotatable bonds is 7. The summed E-state index contributed by atoms with van der Waals surface area (Å²) in [5.41, 5.74) is 2.19. The standard InChI is InChI=1S/C24H18BrClN4O4S2/c1-29(14-22-27-23(28-34-22)15-6-4-7-17(25)11-15)36(32,33)18-9-10-20-21(12-18)35-24(31)30(20)13-16-5-2-3-8-19(16)26/h2-12H,13-14H2,1H3. The summed E-state index contributed by atoms with van der Waals surface area (Å²) in [7, 11) is -2.45. The molecule has 0 saturated heterocycles. The molecule has 0 atom stereocenters. The number of halogens is 2. The highest BCUT2D eigenvalue weighted by atomic mass is 79.9. The molecule has 0 N–H and O–H groups in total. The highest BCUT2D eigenvalue weighted by Crippen LogP contribution is 2.26. The van der Waals surface area contributed by atoms with Crippen LogP contribution in [0.4, 0.5) is 0 Å². The van der Waals surface area contributed by atoms with Crippen LogP contribution in [0.2, 0.25) is 5.02 Å². The second-order valence-electron chi connectivity index (χ2n) is 7.96. The fourth-order valence-electron chi connectivity index (χ4n) is 3.67. The molecule has 5 aromatic rings. The summed E-state index contributed by atoms with van der Waals surface area (Å²) >= 11 is 10.6. The maximum atomic E-state index is 13.3. The van der Waals surface area contributed by atoms with Gasteiger partial charge in [0, 0.05) is 22.1 Å². The highest BCUT2D eigenvalue weighted by Gasteiger charge is 2.24. The van der Waals surface area contributed by atoms with Crippen molar-refractivity contribution in [1.29, 1.82) is 0 Å². The van der Waals surface area contributed by atoms with Gasteiger partial charge >= 0.3 is 4.87 Å². The van der Waals surface area contributed by atoms with Crippen molar-refractivity contribution in [2.75, 3.05) is 7.05 Å². The molecule has 0 spiro atoms. The van der Waals surface area contributed by atoms with E-state index in [4.69, 9.17) is 16.1 Å². The van der Waals surface area contributed by atoms with Crippen LogP contribution >= 0.6 is 38.9 Å². The van der Waals surface area contributed by atoms with E-state index < -0.39 is 10.0 Å². The van der Waals surface area contributed by atoms with E-state index in [2.05, 4.69) is 26.1 Å². The van der Waals surface area contributed by atoms with Gasteiger partial charge in [-0.2, -0.15) is 9.29 Å². The van der Waals surface area contributed by atoms with E-state index in [0.717, 1.165) is 31.2 Å². The van der Waals surface area contributed by atoms with E-state index in [1.54, 1.807) is 16.7 Å². The Bertz CT molecular complexity index is 1750. The maximum absolute atomic E-state index is 13.3. The second-order valence-corrected chi connectivity index (χ2v) is 12.3. The number of benzene rings is 3. The molecule has 5 rings (SSSR count). The van der Waals surface area contributed by atoms with Gasteiger partial charge in [-0.15, -0.1) is 0 Å². The SMILES string of the molecule is CN(Cc1nc(-c2cccc(Br)c2)no1)S(=O)(=O)c1ccc2c(c1)sc(=O)n2Cc1ccccc1Cl. The quantitative estimate of drug-likeness (QED) is 0.246. The number of aromatic nitrogens is 3. The number of thiazole rings is 1. The van der Waals surface area contributed by atoms with E-state index in [0.29, 0.717) is 27.6 Å². The molecule has 0 saturated carbocycles. The Morgan fingerprint density at radius 3 is 2.69 bits per heavy atom. The monoisotopic (exact) mass is 604 g/mol. The minimum absolute atomic E-state index is 0.0652. The third-order valence-corrected chi connectivity index (χ3v) is 9.15. The summed E-state index contributed by atoms with van der Waals surface area (Å²) in [5.74, 6) is 0.524. The first-order valence-corrected chi connectivity index (χ1v) is 14.1. The Morgan fingerprint density at radius 2 is 1.92 bits per heavy atom. The predicted molar refractivity (Wildman–Crippen MR) is 143 cm³/mol. The summed E-state index contributed by atoms with van der Waals surface area (Å²) in [6.07, 6.45) is 0. The molecule has 0 aliphatic carbocycles. The van der Waals surface area contributed by atoms with Gasteiger partial charge in [0.25, 0.3) is 0 Å². The van der Waals surface area contributed by atoms with Crippen LogP contribution in [-0.4, -0.2) is 34.5 Å². The third kappa shape index (κ3) is 4.89. The summed E-state index contributed by atoms with van der Waals surface area (Å²) in [6.45, 7) is 0.188. The lowest BCUT2D eigenvalue weighted by Crippen LogP contribution is -2.26. The van der Waals surface area contributed by atoms with Crippen molar-refractivity contribution < 1.29 is 12.9 Å². The average molecular weight is 606 g/mol. The molecule has 2 heterocycles. The van der Waals surface area contributed by atoms with E-state index >= 15 is 0 Å². The second kappa shape index (κ2) is 9.91. The number of nitrogens with zero attached hydrogens (tertiary/aromatic N) is 4. The summed E-state index contributed by atoms with van der Waals surface area (Å²) in [5, 5.41) is 4.52. The Hall–Kier alpha value is -2.83. The number of hydrogen-bond acceptors (Lipinski definition) is 7. The van der Waals surface area contributed by atoms with Gasteiger partial charge in [-0.3, -0.25) is 9.36 Å². The molecule has 12 heteroatoms. The normalized spacial score (nSPS) is 12.0. The molecule has 3 aromatic carbocycles. The minimum atomic E-state index is -3.89. The first-order valence-electron chi connectivity index (χ1n) is 10.6. The van der Waals surface area contributed by atoms with Crippen molar-refractivity contribution in [1.82, 2.24) is 19.0 Å². The van der Waals surface area contributed by atoms with Crippen LogP contribution in [0, 0.1) is 0 Å². The lowest BCUT2D eigenvalue weighted by Gasteiger charge is -2.15. The molecule has 0 fully saturated rings. The molecule has 0 aliphatic rings. The predicted octanol–water partition coefficient (Wildman–Crippen LogP) is 5.40. The number of fused-ring (bicyclic) bond motifs is 1. The van der Waals surface area contributed by atoms with Crippen LogP contribution in [0.15, 0.2) is 85.4 Å². The van der Waals surface area contributed by atoms with Crippen molar-refractivity contribution in [3.05, 3.63) is 97.3 Å². The van der Waals surface area contributed by atoms with Gasteiger partial charge in [0.1, 0.15) is 0 Å². The fourth-order valence-corrected chi connectivity index (χ4v) is 6.42. The molecule has 0 unspecified atom stereocenters. The van der Waals surface area contributed by atoms with Crippen molar-refractivity contribution in [3.8, 4) is 11.4 Å². The fraction of sp³-hybridized carbons (Fsp3) is 0.125. The highest BCUT2D eigenvalue weighted by molar-refractivity contribution is 9.10. The number of sulfonamides is 1. The van der Waals surface area contributed by atoms with Crippen LogP contribution in [-0.2, 0) is 23.1 Å². The van der Waals surface area contributed by atoms with Crippen LogP contribution in [0.25, 0.3) is 21.6 Å². The molecular formula is C24H18BrClN4O4S2. The molecule has 0 aliphatic heterocycles. The van der Waals surface area contributed by atoms with Crippen molar-refractivity contribution >= 4 is 59.1 Å². The van der Waals surface area contributed by atoms with Crippen LogP contribution in [0.3, 0.4) is 0 Å². The third-order valence-electron chi connectivity index (χ3n) is 5.54. The molecule has 36 heavy (non-hydrogen) atoms. The topological polar surface area (TPSA) is 98.3 Å². The van der Waals surface area contributed by atoms with Gasteiger partial charge in [0.2, 0.25) is 21.7 Å². The molecule has 0 amide bonds. The van der Waals surface area contributed by atoms with Crippen molar-refractivity contribution in [2.45, 2.75) is 18.0 Å². The molecule has 2 aromatic heterocycles. The van der Waals surface area contributed by atoms with E-state index in [1.807, 2.05) is 42.5 Å². The molecule has 0 bridgehead atoms. The van der Waals surface area contributed by atoms with Gasteiger partial charge in [-0.05, 0) is 42.0 Å². The summed E-state index contributed by atoms with van der Waals surface area (Å²) < 4.78 is 36.0. The van der Waals surface area contributed by atoms with Crippen molar-refractivity contribution in [3.63, 3.8) is 0 Å². The molecule has 184 valence electrons. The summed E-state index contributed by atoms with van der Waals surface area (Å²) in [6, 6.07) is 19.3. The smallest absolute Gasteiger partial charge is 0.308 e. The zero-order chi connectivity index (χ0) is 25.4. The number of hydrogen-bond donors (Lipinski definition) is 0. The van der Waals surface area contributed by atoms with Gasteiger partial charge in [0.15, 0.2) is 0 Å². The van der Waals surface area contributed by atoms with Gasteiger partial charge in [-0.1, -0.05) is 74.4 Å². The lowest BCUT2D eigenvalue weighted by molar-refractivity contribution is 0.337.